The lowest BCUT2D eigenvalue weighted by Gasteiger charge is -2.07. The summed E-state index contributed by atoms with van der Waals surface area (Å²) in [7, 11) is 0. The van der Waals surface area contributed by atoms with E-state index >= 15 is 0 Å². The van der Waals surface area contributed by atoms with Gasteiger partial charge in [-0.15, -0.1) is 0 Å². The highest BCUT2D eigenvalue weighted by atomic mass is 35.5. The molecule has 0 bridgehead atoms. The third-order valence-electron chi connectivity index (χ3n) is 3.28. The van der Waals surface area contributed by atoms with Crippen molar-refractivity contribution in [1.29, 1.82) is 0 Å². The van der Waals surface area contributed by atoms with Crippen LogP contribution in [0.1, 0.15) is 39.0 Å². The highest BCUT2D eigenvalue weighted by Gasteiger charge is 2.11. The Kier molecular flexibility index (Phi) is 6.20. The smallest absolute Gasteiger partial charge is 0.226 e. The van der Waals surface area contributed by atoms with Crippen LogP contribution in [-0.2, 0) is 6.54 Å². The number of aromatic nitrogens is 4. The maximum absolute atomic E-state index is 8.74. The summed E-state index contributed by atoms with van der Waals surface area (Å²) in [4.78, 5) is 12.9. The molecular weight excluding hydrogens is 290 g/mol. The molecule has 0 amide bonds. The SMILES string of the molecule is CCCn1cnc2c(NCCCCCCO)nc(Cl)nc21. The topological polar surface area (TPSA) is 75.9 Å². The molecule has 6 nitrogen and oxygen atoms in total. The van der Waals surface area contributed by atoms with Gasteiger partial charge in [0, 0.05) is 19.7 Å². The van der Waals surface area contributed by atoms with Crippen LogP contribution in [0, 0.1) is 0 Å². The Morgan fingerprint density at radius 3 is 2.81 bits per heavy atom. The number of nitrogens with zero attached hydrogens (tertiary/aromatic N) is 4. The molecule has 0 fully saturated rings. The van der Waals surface area contributed by atoms with E-state index in [0.29, 0.717) is 5.82 Å². The van der Waals surface area contributed by atoms with E-state index in [1.54, 1.807) is 6.33 Å². The second kappa shape index (κ2) is 8.14. The lowest BCUT2D eigenvalue weighted by atomic mass is 10.2. The molecule has 0 saturated heterocycles. The maximum atomic E-state index is 8.74. The summed E-state index contributed by atoms with van der Waals surface area (Å²) in [5, 5.41) is 12.3. The highest BCUT2D eigenvalue weighted by molar-refractivity contribution is 6.28. The number of aryl methyl sites for hydroxylation is 1. The fourth-order valence-corrected chi connectivity index (χ4v) is 2.41. The molecule has 2 aromatic heterocycles. The molecule has 0 spiro atoms. The van der Waals surface area contributed by atoms with Gasteiger partial charge in [-0.2, -0.15) is 9.97 Å². The summed E-state index contributed by atoms with van der Waals surface area (Å²) >= 11 is 6.00. The zero-order valence-electron chi connectivity index (χ0n) is 12.3. The van der Waals surface area contributed by atoms with Crippen LogP contribution < -0.4 is 5.32 Å². The van der Waals surface area contributed by atoms with Gasteiger partial charge in [0.15, 0.2) is 17.0 Å². The predicted molar refractivity (Wildman–Crippen MR) is 84.7 cm³/mol. The number of hydrogen-bond acceptors (Lipinski definition) is 5. The second-order valence-corrected chi connectivity index (χ2v) is 5.35. The van der Waals surface area contributed by atoms with Crippen LogP contribution in [0.15, 0.2) is 6.33 Å². The zero-order chi connectivity index (χ0) is 15.1. The van der Waals surface area contributed by atoms with E-state index < -0.39 is 0 Å². The minimum absolute atomic E-state index is 0.239. The first-order valence-electron chi connectivity index (χ1n) is 7.49. The Bertz CT molecular complexity index is 572. The normalized spacial score (nSPS) is 11.2. The van der Waals surface area contributed by atoms with E-state index in [9.17, 15) is 0 Å². The van der Waals surface area contributed by atoms with Crippen molar-refractivity contribution < 1.29 is 5.11 Å². The van der Waals surface area contributed by atoms with Crippen molar-refractivity contribution in [2.24, 2.45) is 0 Å². The van der Waals surface area contributed by atoms with Gasteiger partial charge in [-0.3, -0.25) is 0 Å². The first kappa shape index (κ1) is 16.0. The predicted octanol–water partition coefficient (Wildman–Crippen LogP) is 2.85. The quantitative estimate of drug-likeness (QED) is 0.550. The summed E-state index contributed by atoms with van der Waals surface area (Å²) in [5.74, 6) is 0.696. The molecule has 116 valence electrons. The Hall–Kier alpha value is -1.40. The van der Waals surface area contributed by atoms with E-state index in [1.807, 2.05) is 4.57 Å². The molecule has 2 N–H and O–H groups in total. The van der Waals surface area contributed by atoms with Crippen molar-refractivity contribution in [1.82, 2.24) is 19.5 Å². The highest BCUT2D eigenvalue weighted by Crippen LogP contribution is 2.21. The van der Waals surface area contributed by atoms with Gasteiger partial charge in [0.25, 0.3) is 0 Å². The number of fused-ring (bicyclic) bond motifs is 1. The van der Waals surface area contributed by atoms with Crippen molar-refractivity contribution in [3.05, 3.63) is 11.6 Å². The van der Waals surface area contributed by atoms with Crippen LogP contribution in [-0.4, -0.2) is 37.8 Å². The van der Waals surface area contributed by atoms with Gasteiger partial charge in [0.2, 0.25) is 5.28 Å². The van der Waals surface area contributed by atoms with Gasteiger partial charge in [-0.1, -0.05) is 19.8 Å². The van der Waals surface area contributed by atoms with E-state index in [-0.39, 0.29) is 11.9 Å². The summed E-state index contributed by atoms with van der Waals surface area (Å²) in [6.07, 6.45) is 6.82. The van der Waals surface area contributed by atoms with Gasteiger partial charge < -0.3 is 15.0 Å². The number of imidazole rings is 1. The van der Waals surface area contributed by atoms with Crippen LogP contribution in [0.25, 0.3) is 11.2 Å². The molecule has 2 heterocycles. The number of rotatable bonds is 9. The maximum Gasteiger partial charge on any atom is 0.226 e. The largest absolute Gasteiger partial charge is 0.396 e. The Balaban J connectivity index is 2.02. The fourth-order valence-electron chi connectivity index (χ4n) is 2.24. The average molecular weight is 312 g/mol. The van der Waals surface area contributed by atoms with Gasteiger partial charge >= 0.3 is 0 Å². The van der Waals surface area contributed by atoms with E-state index in [4.69, 9.17) is 16.7 Å². The van der Waals surface area contributed by atoms with Crippen molar-refractivity contribution >= 4 is 28.6 Å². The molecule has 0 aliphatic heterocycles. The minimum atomic E-state index is 0.239. The Morgan fingerprint density at radius 1 is 1.24 bits per heavy atom. The number of hydrogen-bond donors (Lipinski definition) is 2. The third-order valence-corrected chi connectivity index (χ3v) is 3.45. The number of halogens is 1. The lowest BCUT2D eigenvalue weighted by Crippen LogP contribution is -2.06. The van der Waals surface area contributed by atoms with Crippen LogP contribution >= 0.6 is 11.6 Å². The molecule has 0 aromatic carbocycles. The van der Waals surface area contributed by atoms with Gasteiger partial charge in [0.05, 0.1) is 6.33 Å². The van der Waals surface area contributed by atoms with Crippen molar-refractivity contribution in [2.45, 2.75) is 45.6 Å². The molecule has 0 atom stereocenters. The Labute approximate surface area is 129 Å². The third kappa shape index (κ3) is 4.28. The summed E-state index contributed by atoms with van der Waals surface area (Å²) < 4.78 is 2.00. The number of aliphatic hydroxyl groups excluding tert-OH is 1. The molecule has 2 aromatic rings. The standard InChI is InChI=1S/C14H22ClN5O/c1-2-8-20-10-17-11-12(18-14(15)19-13(11)20)16-7-5-3-4-6-9-21/h10,21H,2-9H2,1H3,(H,16,18,19). The number of anilines is 1. The van der Waals surface area contributed by atoms with Crippen molar-refractivity contribution in [3.8, 4) is 0 Å². The van der Waals surface area contributed by atoms with E-state index in [2.05, 4.69) is 27.2 Å². The summed E-state index contributed by atoms with van der Waals surface area (Å²) in [6.45, 7) is 4.06. The van der Waals surface area contributed by atoms with Crippen molar-refractivity contribution in [2.75, 3.05) is 18.5 Å². The number of unbranched alkanes of at least 4 members (excludes halogenated alkanes) is 3. The first-order chi connectivity index (χ1) is 10.3. The molecule has 2 rings (SSSR count). The molecule has 0 aliphatic rings. The molecule has 0 aliphatic carbocycles. The molecular formula is C14H22ClN5O. The minimum Gasteiger partial charge on any atom is -0.396 e. The molecule has 0 radical (unpaired) electrons. The average Bonchev–Trinajstić information content (AvgIpc) is 2.86. The van der Waals surface area contributed by atoms with E-state index in [1.165, 1.54) is 0 Å². The van der Waals surface area contributed by atoms with Crippen LogP contribution in [0.2, 0.25) is 5.28 Å². The van der Waals surface area contributed by atoms with E-state index in [0.717, 1.165) is 56.4 Å². The second-order valence-electron chi connectivity index (χ2n) is 5.02. The lowest BCUT2D eigenvalue weighted by molar-refractivity contribution is 0.283. The van der Waals surface area contributed by atoms with Crippen LogP contribution in [0.3, 0.4) is 0 Å². The van der Waals surface area contributed by atoms with Gasteiger partial charge in [-0.25, -0.2) is 4.98 Å². The van der Waals surface area contributed by atoms with Gasteiger partial charge in [-0.05, 0) is 30.9 Å². The molecule has 0 unspecified atom stereocenters. The summed E-state index contributed by atoms with van der Waals surface area (Å²) in [6, 6.07) is 0. The monoisotopic (exact) mass is 311 g/mol. The number of aliphatic hydroxyl groups is 1. The van der Waals surface area contributed by atoms with Crippen molar-refractivity contribution in [3.63, 3.8) is 0 Å². The van der Waals surface area contributed by atoms with Crippen LogP contribution in [0.4, 0.5) is 5.82 Å². The summed E-state index contributed by atoms with van der Waals surface area (Å²) in [5.41, 5.74) is 1.54. The molecule has 0 saturated carbocycles. The Morgan fingerprint density at radius 2 is 2.05 bits per heavy atom. The molecule has 7 heteroatoms. The molecule has 21 heavy (non-hydrogen) atoms. The van der Waals surface area contributed by atoms with Crippen LogP contribution in [0.5, 0.6) is 0 Å². The van der Waals surface area contributed by atoms with Gasteiger partial charge in [0.1, 0.15) is 0 Å². The fraction of sp³-hybridized carbons (Fsp3) is 0.643. The zero-order valence-corrected chi connectivity index (χ0v) is 13.1. The first-order valence-corrected chi connectivity index (χ1v) is 7.87. The number of nitrogens with one attached hydrogen (secondary N) is 1.